The van der Waals surface area contributed by atoms with Gasteiger partial charge in [0.25, 0.3) is 5.91 Å². The van der Waals surface area contributed by atoms with E-state index in [0.29, 0.717) is 37.4 Å². The summed E-state index contributed by atoms with van der Waals surface area (Å²) in [5.74, 6) is -0.999. The third-order valence-corrected chi connectivity index (χ3v) is 8.23. The van der Waals surface area contributed by atoms with Gasteiger partial charge in [-0.25, -0.2) is 14.2 Å². The molecular formula is C31H38FN7O4. The molecule has 228 valence electrons. The van der Waals surface area contributed by atoms with E-state index in [1.54, 1.807) is 40.9 Å². The lowest BCUT2D eigenvalue weighted by molar-refractivity contribution is -0.162. The third-order valence-electron chi connectivity index (χ3n) is 8.23. The van der Waals surface area contributed by atoms with Crippen molar-refractivity contribution in [2.75, 3.05) is 55.3 Å². The maximum atomic E-state index is 14.7. The number of hydrogen-bond acceptors (Lipinski definition) is 8. The Morgan fingerprint density at radius 3 is 2.56 bits per heavy atom. The number of ether oxygens (including phenoxy) is 2. The SMILES string of the molecule is Cc1cn2cc(NC(=O)c3ccc(N4CCN(C(=O)OC(C)(C)C)CC4)c(C=NC4CC5(COC5)C4)c3N)cc(F)c2n1. The molecule has 1 aliphatic carbocycles. The molecule has 0 bridgehead atoms. The van der Waals surface area contributed by atoms with E-state index in [2.05, 4.69) is 15.2 Å². The lowest BCUT2D eigenvalue weighted by Crippen LogP contribution is -2.53. The Labute approximate surface area is 249 Å². The molecule has 6 rings (SSSR count). The van der Waals surface area contributed by atoms with Crippen molar-refractivity contribution >= 4 is 40.9 Å². The quantitative estimate of drug-likeness (QED) is 0.335. The first-order valence-corrected chi connectivity index (χ1v) is 14.6. The molecule has 43 heavy (non-hydrogen) atoms. The number of fused-ring (bicyclic) bond motifs is 1. The lowest BCUT2D eigenvalue weighted by Gasteiger charge is -2.51. The fourth-order valence-corrected chi connectivity index (χ4v) is 5.99. The van der Waals surface area contributed by atoms with Crippen molar-refractivity contribution in [3.05, 3.63) is 53.2 Å². The molecule has 3 aromatic rings. The summed E-state index contributed by atoms with van der Waals surface area (Å²) in [6.45, 7) is 11.0. The summed E-state index contributed by atoms with van der Waals surface area (Å²) >= 11 is 0. The number of rotatable bonds is 5. The van der Waals surface area contributed by atoms with E-state index < -0.39 is 17.3 Å². The maximum Gasteiger partial charge on any atom is 0.410 e. The minimum atomic E-state index is -0.566. The molecular weight excluding hydrogens is 553 g/mol. The number of carbonyl (C=O) groups is 2. The summed E-state index contributed by atoms with van der Waals surface area (Å²) in [6.07, 6.45) is 6.68. The fourth-order valence-electron chi connectivity index (χ4n) is 5.99. The average molecular weight is 592 g/mol. The van der Waals surface area contributed by atoms with Crippen LogP contribution in [0.25, 0.3) is 5.65 Å². The number of nitrogens with one attached hydrogen (secondary N) is 1. The van der Waals surface area contributed by atoms with E-state index in [4.69, 9.17) is 20.2 Å². The van der Waals surface area contributed by atoms with Gasteiger partial charge in [-0.15, -0.1) is 0 Å². The number of hydrogen-bond donors (Lipinski definition) is 2. The van der Waals surface area contributed by atoms with Crippen LogP contribution in [0.15, 0.2) is 35.6 Å². The first-order valence-electron chi connectivity index (χ1n) is 14.6. The van der Waals surface area contributed by atoms with Gasteiger partial charge in [-0.2, -0.15) is 0 Å². The third kappa shape index (κ3) is 5.88. The molecule has 0 unspecified atom stereocenters. The van der Waals surface area contributed by atoms with Gasteiger partial charge in [-0.3, -0.25) is 9.79 Å². The Kier molecular flexibility index (Phi) is 7.27. The molecule has 3 aliphatic rings. The van der Waals surface area contributed by atoms with E-state index in [-0.39, 0.29) is 40.1 Å². The van der Waals surface area contributed by atoms with Gasteiger partial charge in [-0.1, -0.05) is 0 Å². The van der Waals surface area contributed by atoms with Gasteiger partial charge in [0.2, 0.25) is 0 Å². The zero-order chi connectivity index (χ0) is 30.5. The smallest absolute Gasteiger partial charge is 0.410 e. The summed E-state index contributed by atoms with van der Waals surface area (Å²) in [4.78, 5) is 38.9. The van der Waals surface area contributed by atoms with Gasteiger partial charge in [-0.05, 0) is 52.7 Å². The number of anilines is 3. The average Bonchev–Trinajstić information content (AvgIpc) is 3.27. The zero-order valence-corrected chi connectivity index (χ0v) is 25.0. The fraction of sp³-hybridized carbons (Fsp3) is 0.484. The molecule has 1 aromatic carbocycles. The van der Waals surface area contributed by atoms with Crippen LogP contribution < -0.4 is 16.0 Å². The summed E-state index contributed by atoms with van der Waals surface area (Å²) < 4.78 is 27.1. The Bertz CT molecular complexity index is 1590. The molecule has 2 amide bonds. The van der Waals surface area contributed by atoms with Crippen LogP contribution in [0.1, 0.15) is 55.2 Å². The van der Waals surface area contributed by atoms with Crippen LogP contribution in [-0.2, 0) is 9.47 Å². The highest BCUT2D eigenvalue weighted by Crippen LogP contribution is 2.48. The summed E-state index contributed by atoms with van der Waals surface area (Å²) in [5.41, 5.74) is 9.55. The molecule has 1 saturated carbocycles. The van der Waals surface area contributed by atoms with Gasteiger partial charge in [0.15, 0.2) is 11.5 Å². The molecule has 1 spiro atoms. The van der Waals surface area contributed by atoms with Crippen LogP contribution >= 0.6 is 0 Å². The summed E-state index contributed by atoms with van der Waals surface area (Å²) in [5, 5.41) is 2.78. The second kappa shape index (κ2) is 10.8. The topological polar surface area (TPSA) is 127 Å². The second-order valence-electron chi connectivity index (χ2n) is 12.9. The van der Waals surface area contributed by atoms with Crippen LogP contribution in [0.3, 0.4) is 0 Å². The number of benzene rings is 1. The molecule has 0 atom stereocenters. The highest BCUT2D eigenvalue weighted by molar-refractivity contribution is 6.11. The van der Waals surface area contributed by atoms with E-state index >= 15 is 0 Å². The van der Waals surface area contributed by atoms with Crippen molar-refractivity contribution in [3.8, 4) is 0 Å². The monoisotopic (exact) mass is 591 g/mol. The predicted octanol–water partition coefficient (Wildman–Crippen LogP) is 4.27. The standard InChI is InChI=1S/C31H38FN7O4/c1-19-15-39-16-20(11-24(32)27(39)35-19)36-28(40)22-5-6-25(37-7-9-38(10-8-37)29(41)43-30(2,3)4)23(26(22)33)14-34-21-12-31(13-21)17-42-18-31/h5-6,11,14-16,21H,7-10,12-13,17-18,33H2,1-4H3,(H,36,40). The number of halogens is 1. The van der Waals surface area contributed by atoms with Crippen LogP contribution in [-0.4, -0.2) is 83.5 Å². The van der Waals surface area contributed by atoms with Crippen LogP contribution in [0.5, 0.6) is 0 Å². The number of nitrogen functional groups attached to an aromatic ring is 1. The molecule has 4 heterocycles. The number of carbonyl (C=O) groups excluding carboxylic acids is 2. The van der Waals surface area contributed by atoms with Crippen molar-refractivity contribution in [1.29, 1.82) is 0 Å². The van der Waals surface area contributed by atoms with Crippen LogP contribution in [0.4, 0.5) is 26.2 Å². The Morgan fingerprint density at radius 2 is 1.91 bits per heavy atom. The molecule has 3 fully saturated rings. The summed E-state index contributed by atoms with van der Waals surface area (Å²) in [7, 11) is 0. The Balaban J connectivity index is 1.24. The number of nitrogens with zero attached hydrogens (tertiary/aromatic N) is 5. The first-order chi connectivity index (χ1) is 20.4. The largest absolute Gasteiger partial charge is 0.444 e. The van der Waals surface area contributed by atoms with Crippen molar-refractivity contribution in [1.82, 2.24) is 14.3 Å². The van der Waals surface area contributed by atoms with Gasteiger partial charge in [0.1, 0.15) is 5.60 Å². The number of pyridine rings is 1. The number of imidazole rings is 1. The number of nitrogens with two attached hydrogens (primary N) is 1. The van der Waals surface area contributed by atoms with Crippen molar-refractivity contribution in [2.24, 2.45) is 10.4 Å². The number of aryl methyl sites for hydroxylation is 1. The molecule has 2 saturated heterocycles. The minimum absolute atomic E-state index is 0.172. The maximum absolute atomic E-state index is 14.7. The minimum Gasteiger partial charge on any atom is -0.444 e. The van der Waals surface area contributed by atoms with Gasteiger partial charge in [0.05, 0.1) is 41.9 Å². The van der Waals surface area contributed by atoms with E-state index in [1.807, 2.05) is 26.8 Å². The first kappa shape index (κ1) is 28.9. The van der Waals surface area contributed by atoms with Gasteiger partial charge in [0, 0.05) is 67.5 Å². The van der Waals surface area contributed by atoms with Crippen molar-refractivity contribution in [3.63, 3.8) is 0 Å². The van der Waals surface area contributed by atoms with E-state index in [0.717, 1.165) is 31.7 Å². The molecule has 2 aromatic heterocycles. The Morgan fingerprint density at radius 1 is 1.19 bits per heavy atom. The number of aliphatic imine (C=N–C) groups is 1. The number of amides is 2. The highest BCUT2D eigenvalue weighted by Gasteiger charge is 2.49. The molecule has 12 heteroatoms. The van der Waals surface area contributed by atoms with E-state index in [9.17, 15) is 14.0 Å². The van der Waals surface area contributed by atoms with Crippen LogP contribution in [0.2, 0.25) is 0 Å². The zero-order valence-electron chi connectivity index (χ0n) is 25.0. The normalized spacial score (nSPS) is 18.6. The van der Waals surface area contributed by atoms with Crippen molar-refractivity contribution < 1.29 is 23.5 Å². The molecule has 3 N–H and O–H groups in total. The lowest BCUT2D eigenvalue weighted by atomic mass is 9.64. The molecule has 11 nitrogen and oxygen atoms in total. The number of aromatic nitrogens is 2. The van der Waals surface area contributed by atoms with Crippen LogP contribution in [0, 0.1) is 18.2 Å². The summed E-state index contributed by atoms with van der Waals surface area (Å²) in [6, 6.07) is 4.96. The second-order valence-corrected chi connectivity index (χ2v) is 12.9. The molecule has 0 radical (unpaired) electrons. The van der Waals surface area contributed by atoms with Crippen molar-refractivity contribution in [2.45, 2.75) is 52.2 Å². The van der Waals surface area contributed by atoms with E-state index in [1.165, 1.54) is 6.07 Å². The predicted molar refractivity (Wildman–Crippen MR) is 163 cm³/mol. The number of piperazine rings is 1. The van der Waals surface area contributed by atoms with Gasteiger partial charge < -0.3 is 34.7 Å². The van der Waals surface area contributed by atoms with Gasteiger partial charge >= 0.3 is 6.09 Å². The molecule has 2 aliphatic heterocycles. The Hall–Kier alpha value is -4.19. The highest BCUT2D eigenvalue weighted by atomic mass is 19.1.